The number of hydrogen-bond acceptors (Lipinski definition) is 12. The Bertz CT molecular complexity index is 2210. The molecule has 17 heteroatoms. The van der Waals surface area contributed by atoms with Gasteiger partial charge in [0.1, 0.15) is 42.2 Å². The average Bonchev–Trinajstić information content (AvgIpc) is 4.22. The van der Waals surface area contributed by atoms with Crippen molar-refractivity contribution < 1.29 is 46.5 Å². The summed E-state index contributed by atoms with van der Waals surface area (Å²) in [6.07, 6.45) is 9.37. The first-order chi connectivity index (χ1) is 30.4. The van der Waals surface area contributed by atoms with Crippen LogP contribution in [0, 0.1) is 17.8 Å². The molecule has 4 aliphatic carbocycles. The number of ether oxygens (including phenoxy) is 4. The van der Waals surface area contributed by atoms with E-state index in [0.29, 0.717) is 56.2 Å². The Kier molecular flexibility index (Phi) is 12.4. The van der Waals surface area contributed by atoms with E-state index in [1.807, 2.05) is 24.3 Å². The van der Waals surface area contributed by atoms with Crippen molar-refractivity contribution in [2.75, 3.05) is 46.0 Å². The van der Waals surface area contributed by atoms with E-state index in [4.69, 9.17) is 23.9 Å². The summed E-state index contributed by atoms with van der Waals surface area (Å²) in [7, 11) is -4.01. The van der Waals surface area contributed by atoms with Gasteiger partial charge in [-0.2, -0.15) is 0 Å². The molecule has 6 fully saturated rings. The van der Waals surface area contributed by atoms with E-state index in [1.165, 1.54) is 11.0 Å². The van der Waals surface area contributed by atoms with Gasteiger partial charge >= 0.3 is 6.09 Å². The first-order valence-electron chi connectivity index (χ1n) is 23.2. The molecule has 0 radical (unpaired) electrons. The number of carbonyl (C=O) groups excluding carboxylic acids is 4. The Labute approximate surface area is 369 Å². The van der Waals surface area contributed by atoms with Crippen molar-refractivity contribution in [1.29, 1.82) is 0 Å². The summed E-state index contributed by atoms with van der Waals surface area (Å²) >= 11 is 0. The summed E-state index contributed by atoms with van der Waals surface area (Å²) in [5.74, 6) is -1.22. The second-order valence-corrected chi connectivity index (χ2v) is 21.3. The third kappa shape index (κ3) is 9.24. The minimum atomic E-state index is -4.01. The molecule has 4 amide bonds. The summed E-state index contributed by atoms with van der Waals surface area (Å²) in [6.45, 7) is 9.67. The molecular formula is C46H62N6O10S. The molecule has 2 saturated heterocycles. The van der Waals surface area contributed by atoms with Gasteiger partial charge < -0.3 is 34.5 Å². The number of nitrogens with one attached hydrogen (secondary N) is 3. The lowest BCUT2D eigenvalue weighted by Gasteiger charge is -2.32. The van der Waals surface area contributed by atoms with Crippen molar-refractivity contribution in [2.24, 2.45) is 17.8 Å². The number of pyridine rings is 1. The van der Waals surface area contributed by atoms with Gasteiger partial charge in [-0.15, -0.1) is 6.58 Å². The van der Waals surface area contributed by atoms with E-state index in [1.54, 1.807) is 6.92 Å². The molecule has 0 spiro atoms. The average molecular weight is 891 g/mol. The maximum atomic E-state index is 15.0. The SMILES string of the molecule is C=C[C@@H]1C[C@]1(NC(=O)[C@@H]1C[C@@H]2CN1C(=O)[C@H](C1CCCC1)NC(=O)O[C@@H]1C[C@H]1CCCCCc1c(nc3ccccc3c1OCCN1CCOCC1)O2)C(=O)NS(=O)(=O)C1(C)CC1. The number of para-hydroxylation sites is 1. The number of aromatic nitrogens is 1. The van der Waals surface area contributed by atoms with Crippen LogP contribution in [0.15, 0.2) is 36.9 Å². The predicted octanol–water partition coefficient (Wildman–Crippen LogP) is 4.14. The number of morpholine rings is 1. The molecule has 4 heterocycles. The van der Waals surface area contributed by atoms with Gasteiger partial charge in [0.25, 0.3) is 5.91 Å². The van der Waals surface area contributed by atoms with Gasteiger partial charge in [-0.3, -0.25) is 24.0 Å². The second-order valence-electron chi connectivity index (χ2n) is 19.1. The van der Waals surface area contributed by atoms with Crippen LogP contribution in [0.2, 0.25) is 0 Å². The Morgan fingerprint density at radius 2 is 1.76 bits per heavy atom. The number of nitrogens with zero attached hydrogens (tertiary/aromatic N) is 3. The van der Waals surface area contributed by atoms with Crippen LogP contribution in [-0.4, -0.2) is 128 Å². The molecule has 1 aromatic carbocycles. The quantitative estimate of drug-likeness (QED) is 0.274. The number of hydrogen-bond donors (Lipinski definition) is 3. The summed E-state index contributed by atoms with van der Waals surface area (Å²) in [6, 6.07) is 5.74. The Morgan fingerprint density at radius 1 is 1.02 bits per heavy atom. The van der Waals surface area contributed by atoms with Gasteiger partial charge in [0.2, 0.25) is 27.7 Å². The molecule has 7 aliphatic rings. The van der Waals surface area contributed by atoms with Crippen LogP contribution in [0.5, 0.6) is 11.6 Å². The number of amides is 4. The number of sulfonamides is 1. The molecule has 3 N–H and O–H groups in total. The monoisotopic (exact) mass is 890 g/mol. The van der Waals surface area contributed by atoms with Crippen molar-refractivity contribution in [2.45, 2.75) is 131 Å². The fraction of sp³-hybridized carbons (Fsp3) is 0.674. The molecular weight excluding hydrogens is 829 g/mol. The molecule has 4 saturated carbocycles. The van der Waals surface area contributed by atoms with E-state index in [9.17, 15) is 27.6 Å². The molecule has 9 rings (SSSR count). The van der Waals surface area contributed by atoms with Crippen LogP contribution in [0.1, 0.15) is 96.0 Å². The van der Waals surface area contributed by atoms with Crippen LogP contribution in [0.4, 0.5) is 4.79 Å². The largest absolute Gasteiger partial charge is 0.491 e. The number of alkyl carbamates (subject to hydrolysis) is 1. The highest BCUT2D eigenvalue weighted by Crippen LogP contribution is 2.47. The Balaban J connectivity index is 1.04. The molecule has 2 aromatic rings. The smallest absolute Gasteiger partial charge is 0.408 e. The molecule has 7 atom stereocenters. The van der Waals surface area contributed by atoms with Crippen molar-refractivity contribution >= 4 is 44.7 Å². The highest BCUT2D eigenvalue weighted by Gasteiger charge is 2.63. The molecule has 2 bridgehead atoms. The fourth-order valence-corrected chi connectivity index (χ4v) is 11.4. The minimum absolute atomic E-state index is 0.000444. The van der Waals surface area contributed by atoms with Gasteiger partial charge in [-0.25, -0.2) is 18.2 Å². The van der Waals surface area contributed by atoms with Crippen LogP contribution in [0.3, 0.4) is 0 Å². The first-order valence-corrected chi connectivity index (χ1v) is 24.7. The maximum absolute atomic E-state index is 15.0. The third-order valence-corrected chi connectivity index (χ3v) is 16.9. The number of carbonyl (C=O) groups is 4. The van der Waals surface area contributed by atoms with Gasteiger partial charge in [0.15, 0.2) is 0 Å². The summed E-state index contributed by atoms with van der Waals surface area (Å²) in [5, 5.41) is 6.70. The van der Waals surface area contributed by atoms with Gasteiger partial charge in [-0.1, -0.05) is 43.9 Å². The van der Waals surface area contributed by atoms with Crippen molar-refractivity contribution in [3.63, 3.8) is 0 Å². The first kappa shape index (κ1) is 43.8. The Morgan fingerprint density at radius 3 is 2.51 bits per heavy atom. The summed E-state index contributed by atoms with van der Waals surface area (Å²) in [5.41, 5.74) is -0.0408. The van der Waals surface area contributed by atoms with Crippen LogP contribution in [-0.2, 0) is 40.3 Å². The van der Waals surface area contributed by atoms with Crippen LogP contribution < -0.4 is 24.8 Å². The molecule has 3 aliphatic heterocycles. The lowest BCUT2D eigenvalue weighted by Crippen LogP contribution is -2.59. The zero-order valence-electron chi connectivity index (χ0n) is 36.3. The van der Waals surface area contributed by atoms with Crippen molar-refractivity contribution in [3.05, 3.63) is 42.5 Å². The van der Waals surface area contributed by atoms with Crippen molar-refractivity contribution in [3.8, 4) is 11.6 Å². The van der Waals surface area contributed by atoms with E-state index in [-0.39, 0.29) is 37.3 Å². The topological polar surface area (TPSA) is 195 Å². The molecule has 1 aromatic heterocycles. The zero-order valence-corrected chi connectivity index (χ0v) is 37.1. The minimum Gasteiger partial charge on any atom is -0.491 e. The predicted molar refractivity (Wildman–Crippen MR) is 232 cm³/mol. The maximum Gasteiger partial charge on any atom is 0.408 e. The van der Waals surface area contributed by atoms with Crippen LogP contribution in [0.25, 0.3) is 10.9 Å². The van der Waals surface area contributed by atoms with Gasteiger partial charge in [0, 0.05) is 37.4 Å². The zero-order chi connectivity index (χ0) is 43.9. The number of rotatable bonds is 11. The molecule has 342 valence electrons. The van der Waals surface area contributed by atoms with E-state index in [0.717, 1.165) is 88.4 Å². The summed E-state index contributed by atoms with van der Waals surface area (Å²) in [4.78, 5) is 65.9. The van der Waals surface area contributed by atoms with E-state index >= 15 is 0 Å². The molecule has 63 heavy (non-hydrogen) atoms. The number of benzene rings is 1. The second kappa shape index (κ2) is 17.8. The third-order valence-electron chi connectivity index (χ3n) is 14.7. The van der Waals surface area contributed by atoms with Crippen molar-refractivity contribution in [1.82, 2.24) is 30.1 Å². The van der Waals surface area contributed by atoms with E-state index < -0.39 is 68.2 Å². The molecule has 16 nitrogen and oxygen atoms in total. The van der Waals surface area contributed by atoms with Gasteiger partial charge in [-0.05, 0) is 88.7 Å². The standard InChI is InChI=1S/C46H62N6O10S/c1-3-31-27-46(31,43(55)50-63(57,58)45(2)17-18-45)49-40(53)36-26-32-28-52(36)42(54)38(29-11-7-8-12-29)48-44(56)62-37-25-30(37)13-5-4-6-15-34-39(60-24-21-51-19-22-59-23-20-51)33-14-9-10-16-35(33)47-41(34)61-32/h3,9-10,14,16,29-32,36-38H,1,4-8,11-13,15,17-28H2,2H3,(H,48,56)(H,49,53)(H,50,55)/t30-,31-,32-,36+,37-,38+,46-/m1/s1. The highest BCUT2D eigenvalue weighted by molar-refractivity contribution is 7.91. The molecule has 0 unspecified atom stereocenters. The lowest BCUT2D eigenvalue weighted by atomic mass is 9.96. The highest BCUT2D eigenvalue weighted by atomic mass is 32.2. The fourth-order valence-electron chi connectivity index (χ4n) is 10.1. The lowest BCUT2D eigenvalue weighted by molar-refractivity contribution is -0.142. The van der Waals surface area contributed by atoms with E-state index in [2.05, 4.69) is 26.8 Å². The number of fused-ring (bicyclic) bond motifs is 5. The normalized spacial score (nSPS) is 31.2. The van der Waals surface area contributed by atoms with Crippen LogP contribution >= 0.6 is 0 Å². The summed E-state index contributed by atoms with van der Waals surface area (Å²) < 4.78 is 52.6. The van der Waals surface area contributed by atoms with Gasteiger partial charge in [0.05, 0.1) is 35.6 Å². The Hall–Kier alpha value is -4.48.